The molecule has 3 atom stereocenters. The third-order valence-corrected chi connectivity index (χ3v) is 6.10. The van der Waals surface area contributed by atoms with Crippen LogP contribution in [0.3, 0.4) is 0 Å². The number of nitrogens with zero attached hydrogens (tertiary/aromatic N) is 2. The van der Waals surface area contributed by atoms with Gasteiger partial charge in [-0.25, -0.2) is 4.99 Å². The molecule has 0 saturated carbocycles. The minimum atomic E-state index is -0.313. The normalized spacial score (nSPS) is 23.9. The van der Waals surface area contributed by atoms with Crippen molar-refractivity contribution in [1.82, 2.24) is 0 Å². The zero-order valence-electron chi connectivity index (χ0n) is 17.8. The first kappa shape index (κ1) is 23.4. The fourth-order valence-corrected chi connectivity index (χ4v) is 4.13. The second-order valence-electron chi connectivity index (χ2n) is 8.07. The summed E-state index contributed by atoms with van der Waals surface area (Å²) < 4.78 is 0.741. The van der Waals surface area contributed by atoms with Gasteiger partial charge in [-0.05, 0) is 39.0 Å². The van der Waals surface area contributed by atoms with Gasteiger partial charge in [-0.2, -0.15) is 0 Å². The predicted octanol–water partition coefficient (Wildman–Crippen LogP) is 6.22. The zero-order chi connectivity index (χ0) is 19.1. The summed E-state index contributed by atoms with van der Waals surface area (Å²) in [6.45, 7) is 8.23. The summed E-state index contributed by atoms with van der Waals surface area (Å²) in [6, 6.07) is 0. The van der Waals surface area contributed by atoms with E-state index in [0.717, 1.165) is 24.0 Å². The largest absolute Gasteiger partial charge is 0.345 e. The zero-order valence-corrected chi connectivity index (χ0v) is 17.8. The number of unbranched alkanes of at least 4 members (excludes halogenated alkanes) is 10. The molecule has 1 heterocycles. The fourth-order valence-electron chi connectivity index (χ4n) is 4.13. The lowest BCUT2D eigenvalue weighted by molar-refractivity contribution is -0.976. The van der Waals surface area contributed by atoms with Crippen molar-refractivity contribution in [1.29, 1.82) is 0 Å². The van der Waals surface area contributed by atoms with Gasteiger partial charge in [0.15, 0.2) is 12.4 Å². The average molecular weight is 366 g/mol. The molecule has 0 aromatic rings. The molecule has 3 nitrogen and oxygen atoms in total. The highest BCUT2D eigenvalue weighted by Gasteiger charge is 2.41. The van der Waals surface area contributed by atoms with E-state index in [-0.39, 0.29) is 12.4 Å². The van der Waals surface area contributed by atoms with Crippen molar-refractivity contribution in [3.8, 4) is 0 Å². The van der Waals surface area contributed by atoms with Gasteiger partial charge in [0.2, 0.25) is 0 Å². The van der Waals surface area contributed by atoms with Crippen LogP contribution in [0.5, 0.6) is 0 Å². The van der Waals surface area contributed by atoms with Crippen molar-refractivity contribution in [2.45, 2.75) is 117 Å². The molecule has 0 aromatic carbocycles. The molecule has 0 saturated heterocycles. The molecule has 0 aromatic heterocycles. The van der Waals surface area contributed by atoms with Crippen LogP contribution >= 0.6 is 0 Å². The molecule has 26 heavy (non-hydrogen) atoms. The van der Waals surface area contributed by atoms with Gasteiger partial charge in [0.05, 0.1) is 12.8 Å². The Morgan fingerprint density at radius 3 is 2.12 bits per heavy atom. The lowest BCUT2D eigenvalue weighted by atomic mass is 10.1. The number of rotatable bonds is 16. The molecular weight excluding hydrogens is 320 g/mol. The summed E-state index contributed by atoms with van der Waals surface area (Å²) in [4.78, 5) is 4.66. The summed E-state index contributed by atoms with van der Waals surface area (Å²) in [5.41, 5.74) is 0. The van der Waals surface area contributed by atoms with E-state index in [1.165, 1.54) is 77.0 Å². The summed E-state index contributed by atoms with van der Waals surface area (Å²) in [5.74, 6) is 0. The molecule has 1 N–H and O–H groups in total. The van der Waals surface area contributed by atoms with Crippen LogP contribution in [0.15, 0.2) is 17.1 Å². The van der Waals surface area contributed by atoms with Gasteiger partial charge in [0.1, 0.15) is 6.54 Å². The van der Waals surface area contributed by atoms with Crippen LogP contribution in [0.4, 0.5) is 0 Å². The van der Waals surface area contributed by atoms with Crippen molar-refractivity contribution >= 4 is 6.21 Å². The van der Waals surface area contributed by atoms with Crippen molar-refractivity contribution < 1.29 is 9.59 Å². The lowest BCUT2D eigenvalue weighted by Gasteiger charge is -2.40. The maximum atomic E-state index is 10.2. The van der Waals surface area contributed by atoms with E-state index in [0.29, 0.717) is 0 Å². The Morgan fingerprint density at radius 2 is 1.54 bits per heavy atom. The first-order valence-electron chi connectivity index (χ1n) is 11.4. The maximum Gasteiger partial charge on any atom is 0.189 e. The van der Waals surface area contributed by atoms with Crippen molar-refractivity contribution in [2.75, 3.05) is 13.1 Å². The molecular formula is C23H45N2O+. The molecule has 0 radical (unpaired) electrons. The summed E-state index contributed by atoms with van der Waals surface area (Å²) >= 11 is 0. The Kier molecular flexibility index (Phi) is 12.9. The van der Waals surface area contributed by atoms with E-state index in [4.69, 9.17) is 0 Å². The van der Waals surface area contributed by atoms with E-state index < -0.39 is 0 Å². The molecule has 0 spiro atoms. The molecule has 3 heteroatoms. The van der Waals surface area contributed by atoms with Gasteiger partial charge in [-0.3, -0.25) is 4.48 Å². The van der Waals surface area contributed by atoms with Gasteiger partial charge < -0.3 is 5.11 Å². The Balaban J connectivity index is 1.96. The highest BCUT2D eigenvalue weighted by Crippen LogP contribution is 2.26. The highest BCUT2D eigenvalue weighted by molar-refractivity contribution is 5.60. The Labute approximate surface area is 163 Å². The van der Waals surface area contributed by atoms with Crippen LogP contribution in [-0.2, 0) is 0 Å². The van der Waals surface area contributed by atoms with E-state index >= 15 is 0 Å². The van der Waals surface area contributed by atoms with Gasteiger partial charge in [0.25, 0.3) is 0 Å². The Hall–Kier alpha value is -0.670. The van der Waals surface area contributed by atoms with Crippen LogP contribution in [-0.4, -0.2) is 41.3 Å². The van der Waals surface area contributed by atoms with E-state index in [1.807, 2.05) is 13.1 Å². The smallest absolute Gasteiger partial charge is 0.189 e. The molecule has 1 aliphatic rings. The standard InChI is InChI=1S/C23H45N2O/c1-4-6-7-8-9-10-11-12-13-14-15-16-17-18-19-23-24-20-21-25(23,5-2)22(3)26/h10-11,20,22-23,26H,4-9,12-19,21H2,1-3H3/q+1/b11-10+. The molecule has 0 bridgehead atoms. The summed E-state index contributed by atoms with van der Waals surface area (Å²) in [7, 11) is 0. The third-order valence-electron chi connectivity index (χ3n) is 6.10. The van der Waals surface area contributed by atoms with Gasteiger partial charge in [-0.1, -0.05) is 64.0 Å². The van der Waals surface area contributed by atoms with Crippen LogP contribution in [0.2, 0.25) is 0 Å². The second kappa shape index (κ2) is 14.4. The van der Waals surface area contributed by atoms with E-state index in [2.05, 4.69) is 31.0 Å². The number of aliphatic hydroxyl groups excluding tert-OH is 1. The van der Waals surface area contributed by atoms with Gasteiger partial charge in [-0.15, -0.1) is 0 Å². The maximum absolute atomic E-state index is 10.2. The number of hydrogen-bond donors (Lipinski definition) is 1. The molecule has 152 valence electrons. The monoisotopic (exact) mass is 365 g/mol. The summed E-state index contributed by atoms with van der Waals surface area (Å²) in [6.07, 6.45) is 23.9. The number of aliphatic hydroxyl groups is 1. The van der Waals surface area contributed by atoms with E-state index in [1.54, 1.807) is 0 Å². The van der Waals surface area contributed by atoms with Crippen molar-refractivity contribution in [2.24, 2.45) is 4.99 Å². The molecule has 1 rings (SSSR count). The Morgan fingerprint density at radius 1 is 0.962 bits per heavy atom. The van der Waals surface area contributed by atoms with Crippen LogP contribution < -0.4 is 0 Å². The van der Waals surface area contributed by atoms with Crippen molar-refractivity contribution in [3.63, 3.8) is 0 Å². The first-order chi connectivity index (χ1) is 12.7. The molecule has 0 aliphatic carbocycles. The van der Waals surface area contributed by atoms with Crippen LogP contribution in [0, 0.1) is 0 Å². The number of hydrogen-bond acceptors (Lipinski definition) is 2. The van der Waals surface area contributed by atoms with Gasteiger partial charge in [0, 0.05) is 13.3 Å². The predicted molar refractivity (Wildman–Crippen MR) is 114 cm³/mol. The Bertz CT molecular complexity index is 392. The lowest BCUT2D eigenvalue weighted by Crippen LogP contribution is -2.57. The number of aliphatic imine (C=N–C) groups is 1. The molecule has 1 aliphatic heterocycles. The minimum Gasteiger partial charge on any atom is -0.345 e. The van der Waals surface area contributed by atoms with Crippen LogP contribution in [0.25, 0.3) is 0 Å². The second-order valence-corrected chi connectivity index (χ2v) is 8.07. The van der Waals surface area contributed by atoms with E-state index in [9.17, 15) is 5.11 Å². The fraction of sp³-hybridized carbons (Fsp3) is 0.870. The van der Waals surface area contributed by atoms with Crippen molar-refractivity contribution in [3.05, 3.63) is 12.2 Å². The third kappa shape index (κ3) is 8.35. The number of allylic oxidation sites excluding steroid dienone is 2. The topological polar surface area (TPSA) is 32.6 Å². The highest BCUT2D eigenvalue weighted by atomic mass is 16.3. The SMILES string of the molecule is CCCCCC/C=C/CCCCCCCCC1N=CC[N+]1(CC)C(C)O. The quantitative estimate of drug-likeness (QED) is 0.196. The number of quaternary nitrogens is 1. The first-order valence-corrected chi connectivity index (χ1v) is 11.4. The van der Waals surface area contributed by atoms with Crippen LogP contribution in [0.1, 0.15) is 104 Å². The molecule has 0 fully saturated rings. The minimum absolute atomic E-state index is 0.280. The molecule has 0 amide bonds. The van der Waals surface area contributed by atoms with Gasteiger partial charge >= 0.3 is 0 Å². The summed E-state index contributed by atoms with van der Waals surface area (Å²) in [5, 5.41) is 10.2. The average Bonchev–Trinajstić information content (AvgIpc) is 3.06. The molecule has 3 unspecified atom stereocenters.